The first-order chi connectivity index (χ1) is 18.6. The second-order valence-electron chi connectivity index (χ2n) is 9.52. The maximum absolute atomic E-state index is 15.4. The zero-order chi connectivity index (χ0) is 29.6. The molecule has 1 heterocycles. The highest BCUT2D eigenvalue weighted by atomic mass is 32.2. The van der Waals surface area contributed by atoms with Crippen molar-refractivity contribution in [1.29, 1.82) is 4.78 Å². The Morgan fingerprint density at radius 1 is 1.15 bits per heavy atom. The molecule has 1 aliphatic carbocycles. The first-order valence-electron chi connectivity index (χ1n) is 11.9. The van der Waals surface area contributed by atoms with Crippen LogP contribution < -0.4 is 14.8 Å². The van der Waals surface area contributed by atoms with E-state index in [0.29, 0.717) is 6.42 Å². The highest BCUT2D eigenvalue weighted by molar-refractivity contribution is 7.91. The first kappa shape index (κ1) is 29.2. The fourth-order valence-corrected chi connectivity index (χ4v) is 5.04. The summed E-state index contributed by atoms with van der Waals surface area (Å²) in [6.45, 7) is 2.46. The van der Waals surface area contributed by atoms with E-state index in [0.717, 1.165) is 14.0 Å². The third-order valence-corrected chi connectivity index (χ3v) is 7.77. The number of methoxy groups -OCH3 is 1. The van der Waals surface area contributed by atoms with Gasteiger partial charge in [-0.25, -0.2) is 17.8 Å². The quantitative estimate of drug-likeness (QED) is 0.299. The lowest BCUT2D eigenvalue weighted by molar-refractivity contribution is -0.142. The number of rotatable bonds is 7. The van der Waals surface area contributed by atoms with Gasteiger partial charge >= 0.3 is 6.18 Å². The minimum absolute atomic E-state index is 0.0398. The minimum atomic E-state index is -4.97. The summed E-state index contributed by atoms with van der Waals surface area (Å²) < 4.78 is 102. The van der Waals surface area contributed by atoms with Crippen molar-refractivity contribution in [1.82, 2.24) is 10.2 Å². The summed E-state index contributed by atoms with van der Waals surface area (Å²) in [5.41, 5.74) is -4.63. The smallest absolute Gasteiger partial charge is 0.435 e. The highest BCUT2D eigenvalue weighted by Crippen LogP contribution is 2.50. The molecule has 14 heteroatoms. The van der Waals surface area contributed by atoms with Crippen molar-refractivity contribution in [3.63, 3.8) is 0 Å². The normalized spacial score (nSPS) is 16.0. The molecule has 1 fully saturated rings. The number of aromatic nitrogens is 2. The van der Waals surface area contributed by atoms with E-state index >= 15 is 8.78 Å². The van der Waals surface area contributed by atoms with Crippen molar-refractivity contribution in [2.24, 2.45) is 0 Å². The summed E-state index contributed by atoms with van der Waals surface area (Å²) in [5.74, 6) is -3.65. The molecule has 0 radical (unpaired) electrons. The van der Waals surface area contributed by atoms with E-state index in [9.17, 15) is 22.2 Å². The minimum Gasteiger partial charge on any atom is -0.490 e. The number of halogens is 5. The van der Waals surface area contributed by atoms with Gasteiger partial charge in [0.2, 0.25) is 0 Å². The van der Waals surface area contributed by atoms with Crippen LogP contribution in [0.3, 0.4) is 0 Å². The summed E-state index contributed by atoms with van der Waals surface area (Å²) in [6.07, 6.45) is -2.98. The standard InChI is InChI=1S/C26H25F5N4O4S/c1-13-11-17(25(28)9-6-10-25)19(27)21(38-3)20(13)39-24-18(14(2)22(34-35-24)26(29,30)31)23(36)33-15-7-5-8-16(12-15)40(4,32)37/h5,7-8,11-12,32H,6,9-10H2,1-4H3,(H,33,36). The molecule has 1 unspecified atom stereocenters. The van der Waals surface area contributed by atoms with Crippen LogP contribution in [-0.4, -0.2) is 33.7 Å². The first-order valence-corrected chi connectivity index (χ1v) is 13.9. The predicted molar refractivity (Wildman–Crippen MR) is 136 cm³/mol. The van der Waals surface area contributed by atoms with E-state index < -0.39 is 61.7 Å². The van der Waals surface area contributed by atoms with E-state index in [1.807, 2.05) is 0 Å². The Hall–Kier alpha value is -3.81. The fraction of sp³-hybridized carbons (Fsp3) is 0.346. The molecule has 1 aromatic heterocycles. The van der Waals surface area contributed by atoms with Gasteiger partial charge in [-0.15, -0.1) is 10.2 Å². The molecule has 0 spiro atoms. The molecule has 40 heavy (non-hydrogen) atoms. The zero-order valence-corrected chi connectivity index (χ0v) is 22.7. The summed E-state index contributed by atoms with van der Waals surface area (Å²) in [4.78, 5) is 13.4. The lowest BCUT2D eigenvalue weighted by Crippen LogP contribution is -2.30. The molecule has 1 aliphatic rings. The molecule has 1 atom stereocenters. The molecular weight excluding hydrogens is 559 g/mol. The van der Waals surface area contributed by atoms with E-state index in [1.54, 1.807) is 0 Å². The second-order valence-corrected chi connectivity index (χ2v) is 11.7. The van der Waals surface area contributed by atoms with Gasteiger partial charge in [0.15, 0.2) is 23.0 Å². The number of carbonyl (C=O) groups is 1. The van der Waals surface area contributed by atoms with Crippen LogP contribution in [0.2, 0.25) is 0 Å². The van der Waals surface area contributed by atoms with Gasteiger partial charge < -0.3 is 14.8 Å². The Balaban J connectivity index is 1.82. The molecule has 2 N–H and O–H groups in total. The van der Waals surface area contributed by atoms with E-state index in [-0.39, 0.29) is 40.3 Å². The Bertz CT molecular complexity index is 1610. The monoisotopic (exact) mass is 584 g/mol. The van der Waals surface area contributed by atoms with Crippen LogP contribution in [0, 0.1) is 24.4 Å². The van der Waals surface area contributed by atoms with Crippen molar-refractivity contribution >= 4 is 21.3 Å². The van der Waals surface area contributed by atoms with Gasteiger partial charge in [-0.2, -0.15) is 13.2 Å². The van der Waals surface area contributed by atoms with Crippen LogP contribution in [0.4, 0.5) is 27.6 Å². The average Bonchev–Trinajstić information content (AvgIpc) is 2.83. The maximum Gasteiger partial charge on any atom is 0.435 e. The molecule has 2 aromatic carbocycles. The maximum atomic E-state index is 15.4. The predicted octanol–water partition coefficient (Wildman–Crippen LogP) is 6.69. The zero-order valence-electron chi connectivity index (χ0n) is 21.8. The molecule has 1 saturated carbocycles. The molecular formula is C26H25F5N4O4S. The summed E-state index contributed by atoms with van der Waals surface area (Å²) in [7, 11) is -2.05. The number of hydrogen-bond acceptors (Lipinski definition) is 7. The van der Waals surface area contributed by atoms with Crippen LogP contribution in [0.5, 0.6) is 17.4 Å². The number of nitrogens with one attached hydrogen (secondary N) is 2. The second kappa shape index (κ2) is 10.3. The van der Waals surface area contributed by atoms with Crippen LogP contribution in [0.1, 0.15) is 52.0 Å². The lowest BCUT2D eigenvalue weighted by Gasteiger charge is -2.35. The van der Waals surface area contributed by atoms with E-state index in [4.69, 9.17) is 14.3 Å². The van der Waals surface area contributed by atoms with Crippen molar-refractivity contribution in [2.45, 2.75) is 49.9 Å². The van der Waals surface area contributed by atoms with Crippen LogP contribution in [0.15, 0.2) is 35.2 Å². The molecule has 0 aliphatic heterocycles. The number of hydrogen-bond donors (Lipinski definition) is 2. The largest absolute Gasteiger partial charge is 0.490 e. The van der Waals surface area contributed by atoms with Crippen molar-refractivity contribution in [2.75, 3.05) is 18.7 Å². The van der Waals surface area contributed by atoms with Gasteiger partial charge in [0.25, 0.3) is 11.8 Å². The molecule has 0 bridgehead atoms. The Morgan fingerprint density at radius 2 is 1.82 bits per heavy atom. The Kier molecular flexibility index (Phi) is 7.52. The van der Waals surface area contributed by atoms with Crippen molar-refractivity contribution in [3.05, 3.63) is 64.1 Å². The van der Waals surface area contributed by atoms with E-state index in [1.165, 1.54) is 43.5 Å². The Morgan fingerprint density at radius 3 is 2.38 bits per heavy atom. The van der Waals surface area contributed by atoms with Crippen LogP contribution in [0.25, 0.3) is 0 Å². The van der Waals surface area contributed by atoms with Crippen LogP contribution in [-0.2, 0) is 21.6 Å². The summed E-state index contributed by atoms with van der Waals surface area (Å²) in [5, 5.41) is 9.07. The van der Waals surface area contributed by atoms with Gasteiger partial charge in [-0.3, -0.25) is 4.79 Å². The third kappa shape index (κ3) is 5.44. The van der Waals surface area contributed by atoms with E-state index in [2.05, 4.69) is 15.5 Å². The number of aryl methyl sites for hydroxylation is 1. The van der Waals surface area contributed by atoms with Crippen molar-refractivity contribution < 1.29 is 40.4 Å². The molecule has 214 valence electrons. The fourth-order valence-electron chi connectivity index (χ4n) is 4.35. The highest BCUT2D eigenvalue weighted by Gasteiger charge is 2.43. The van der Waals surface area contributed by atoms with Gasteiger partial charge in [0, 0.05) is 22.4 Å². The molecule has 1 amide bonds. The molecule has 8 nitrogen and oxygen atoms in total. The summed E-state index contributed by atoms with van der Waals surface area (Å²) >= 11 is 0. The van der Waals surface area contributed by atoms with Gasteiger partial charge in [-0.1, -0.05) is 6.07 Å². The lowest BCUT2D eigenvalue weighted by atomic mass is 9.76. The topological polar surface area (TPSA) is 114 Å². The number of amides is 1. The number of benzene rings is 2. The molecule has 4 rings (SSSR count). The van der Waals surface area contributed by atoms with Crippen LogP contribution >= 0.6 is 0 Å². The SMILES string of the molecule is COc1c(F)c(C2(F)CCC2)cc(C)c1Oc1nnc(C(F)(F)F)c(C)c1C(=O)Nc1cccc(S(C)(=N)=O)c1. The van der Waals surface area contributed by atoms with Gasteiger partial charge in [-0.05, 0) is 68.5 Å². The third-order valence-electron chi connectivity index (χ3n) is 6.61. The number of nitrogens with zero attached hydrogens (tertiary/aromatic N) is 2. The molecule has 3 aromatic rings. The number of carbonyl (C=O) groups excluding carboxylic acids is 1. The van der Waals surface area contributed by atoms with Gasteiger partial charge in [0.05, 0.1) is 16.8 Å². The summed E-state index contributed by atoms with van der Waals surface area (Å²) in [6, 6.07) is 6.67. The Labute approximate surface area is 226 Å². The number of anilines is 1. The van der Waals surface area contributed by atoms with Crippen molar-refractivity contribution in [3.8, 4) is 17.4 Å². The van der Waals surface area contributed by atoms with Gasteiger partial charge in [0.1, 0.15) is 11.2 Å². The number of ether oxygens (including phenoxy) is 2. The number of alkyl halides is 4. The average molecular weight is 585 g/mol. The molecule has 0 saturated heterocycles.